The van der Waals surface area contributed by atoms with Gasteiger partial charge in [-0.3, -0.25) is 0 Å². The third-order valence-corrected chi connectivity index (χ3v) is 2.75. The van der Waals surface area contributed by atoms with Gasteiger partial charge in [0, 0.05) is 18.4 Å². The van der Waals surface area contributed by atoms with Crippen molar-refractivity contribution in [2.45, 2.75) is 38.1 Å². The maximum atomic E-state index is 8.86. The van der Waals surface area contributed by atoms with Crippen LogP contribution in [-0.4, -0.2) is 16.0 Å². The molecule has 0 aromatic carbocycles. The minimum Gasteiger partial charge on any atom is -0.365 e. The molecule has 1 aromatic heterocycles. The summed E-state index contributed by atoms with van der Waals surface area (Å²) in [5.74, 6) is 0.631. The Morgan fingerprint density at radius 2 is 1.93 bits per heavy atom. The maximum absolute atomic E-state index is 8.86. The van der Waals surface area contributed by atoms with E-state index in [0.29, 0.717) is 17.6 Å². The molecule has 1 aromatic rings. The van der Waals surface area contributed by atoms with E-state index in [9.17, 15) is 0 Å². The molecule has 78 valence electrons. The van der Waals surface area contributed by atoms with Crippen molar-refractivity contribution in [3.8, 4) is 6.07 Å². The second-order valence-electron chi connectivity index (χ2n) is 3.84. The lowest BCUT2D eigenvalue weighted by atomic mass is 9.95. The molecule has 1 aliphatic carbocycles. The highest BCUT2D eigenvalue weighted by Gasteiger charge is 2.15. The van der Waals surface area contributed by atoms with E-state index in [2.05, 4.69) is 15.3 Å². The molecule has 1 fully saturated rings. The fourth-order valence-electron chi connectivity index (χ4n) is 1.97. The van der Waals surface area contributed by atoms with Crippen LogP contribution in [0.5, 0.6) is 0 Å². The Labute approximate surface area is 89.4 Å². The second-order valence-corrected chi connectivity index (χ2v) is 3.84. The lowest BCUT2D eigenvalue weighted by molar-refractivity contribution is 0.461. The van der Waals surface area contributed by atoms with Crippen LogP contribution >= 0.6 is 0 Å². The van der Waals surface area contributed by atoms with Gasteiger partial charge in [0.05, 0.1) is 0 Å². The maximum Gasteiger partial charge on any atom is 0.182 e. The van der Waals surface area contributed by atoms with E-state index in [1.54, 1.807) is 12.4 Å². The molecule has 0 aliphatic heterocycles. The summed E-state index contributed by atoms with van der Waals surface area (Å²) in [5, 5.41) is 12.2. The van der Waals surface area contributed by atoms with E-state index in [4.69, 9.17) is 5.26 Å². The molecular formula is C11H14N4. The zero-order chi connectivity index (χ0) is 10.5. The van der Waals surface area contributed by atoms with Crippen molar-refractivity contribution in [1.82, 2.24) is 9.97 Å². The van der Waals surface area contributed by atoms with Crippen molar-refractivity contribution in [2.24, 2.45) is 0 Å². The van der Waals surface area contributed by atoms with Gasteiger partial charge < -0.3 is 5.32 Å². The highest BCUT2D eigenvalue weighted by atomic mass is 15.0. The number of nitrogens with one attached hydrogen (secondary N) is 1. The summed E-state index contributed by atoms with van der Waals surface area (Å²) in [6.07, 6.45) is 9.35. The molecule has 0 spiro atoms. The first-order chi connectivity index (χ1) is 7.40. The first-order valence-corrected chi connectivity index (χ1v) is 5.38. The number of rotatable bonds is 2. The quantitative estimate of drug-likeness (QED) is 0.797. The Kier molecular flexibility index (Phi) is 3.13. The van der Waals surface area contributed by atoms with Gasteiger partial charge in [-0.25, -0.2) is 9.97 Å². The summed E-state index contributed by atoms with van der Waals surface area (Å²) in [4.78, 5) is 8.12. The van der Waals surface area contributed by atoms with E-state index in [0.717, 1.165) is 0 Å². The Balaban J connectivity index is 2.06. The summed E-state index contributed by atoms with van der Waals surface area (Å²) in [5.41, 5.74) is 0.392. The van der Waals surface area contributed by atoms with E-state index in [-0.39, 0.29) is 0 Å². The van der Waals surface area contributed by atoms with Crippen LogP contribution in [-0.2, 0) is 0 Å². The first kappa shape index (κ1) is 9.91. The monoisotopic (exact) mass is 202 g/mol. The smallest absolute Gasteiger partial charge is 0.182 e. The van der Waals surface area contributed by atoms with Gasteiger partial charge in [-0.2, -0.15) is 5.26 Å². The van der Waals surface area contributed by atoms with Crippen molar-refractivity contribution >= 4 is 5.82 Å². The zero-order valence-corrected chi connectivity index (χ0v) is 8.61. The Morgan fingerprint density at radius 1 is 1.20 bits per heavy atom. The number of aromatic nitrogens is 2. The van der Waals surface area contributed by atoms with Crippen LogP contribution in [0.25, 0.3) is 0 Å². The van der Waals surface area contributed by atoms with Gasteiger partial charge in [-0.15, -0.1) is 0 Å². The third-order valence-electron chi connectivity index (χ3n) is 2.75. The van der Waals surface area contributed by atoms with Crippen LogP contribution in [0.15, 0.2) is 12.4 Å². The SMILES string of the molecule is N#Cc1nccnc1NC1CCCCC1. The molecule has 15 heavy (non-hydrogen) atoms. The molecule has 0 saturated heterocycles. The van der Waals surface area contributed by atoms with Crippen LogP contribution in [0, 0.1) is 11.3 Å². The standard InChI is InChI=1S/C11H14N4/c12-8-10-11(14-7-6-13-10)15-9-4-2-1-3-5-9/h6-7,9H,1-5H2,(H,14,15). The predicted octanol–water partition coefficient (Wildman–Crippen LogP) is 2.09. The van der Waals surface area contributed by atoms with Gasteiger partial charge in [-0.1, -0.05) is 19.3 Å². The lowest BCUT2D eigenvalue weighted by Crippen LogP contribution is -2.23. The van der Waals surface area contributed by atoms with E-state index >= 15 is 0 Å². The third kappa shape index (κ3) is 2.44. The van der Waals surface area contributed by atoms with Crippen molar-refractivity contribution in [3.63, 3.8) is 0 Å². The topological polar surface area (TPSA) is 61.6 Å². The predicted molar refractivity (Wildman–Crippen MR) is 57.2 cm³/mol. The largest absolute Gasteiger partial charge is 0.365 e. The van der Waals surface area contributed by atoms with Crippen LogP contribution in [0.2, 0.25) is 0 Å². The molecule has 1 N–H and O–H groups in total. The Bertz CT molecular complexity index is 363. The molecule has 1 saturated carbocycles. The molecule has 4 nitrogen and oxygen atoms in total. The van der Waals surface area contributed by atoms with Gasteiger partial charge in [0.15, 0.2) is 11.5 Å². The van der Waals surface area contributed by atoms with Crippen LogP contribution in [0.3, 0.4) is 0 Å². The molecule has 1 aliphatic rings. The van der Waals surface area contributed by atoms with Gasteiger partial charge >= 0.3 is 0 Å². The summed E-state index contributed by atoms with van der Waals surface area (Å²) in [7, 11) is 0. The van der Waals surface area contributed by atoms with E-state index < -0.39 is 0 Å². The summed E-state index contributed by atoms with van der Waals surface area (Å²) in [6.45, 7) is 0. The molecule has 0 amide bonds. The summed E-state index contributed by atoms with van der Waals surface area (Å²) < 4.78 is 0. The Hall–Kier alpha value is -1.63. The average Bonchev–Trinajstić information content (AvgIpc) is 2.31. The van der Waals surface area contributed by atoms with Crippen molar-refractivity contribution in [2.75, 3.05) is 5.32 Å². The number of hydrogen-bond donors (Lipinski definition) is 1. The molecule has 2 rings (SSSR count). The van der Waals surface area contributed by atoms with Crippen molar-refractivity contribution in [3.05, 3.63) is 18.1 Å². The van der Waals surface area contributed by atoms with Gasteiger partial charge in [-0.05, 0) is 12.8 Å². The molecule has 0 bridgehead atoms. The Morgan fingerprint density at radius 3 is 2.67 bits per heavy atom. The minimum atomic E-state index is 0.392. The fourth-order valence-corrected chi connectivity index (χ4v) is 1.97. The molecule has 4 heteroatoms. The van der Waals surface area contributed by atoms with Gasteiger partial charge in [0.2, 0.25) is 0 Å². The number of anilines is 1. The summed E-state index contributed by atoms with van der Waals surface area (Å²) in [6, 6.07) is 2.51. The van der Waals surface area contributed by atoms with E-state index in [1.165, 1.54) is 32.1 Å². The first-order valence-electron chi connectivity index (χ1n) is 5.38. The summed E-state index contributed by atoms with van der Waals surface area (Å²) >= 11 is 0. The average molecular weight is 202 g/mol. The number of nitriles is 1. The van der Waals surface area contributed by atoms with Crippen molar-refractivity contribution < 1.29 is 0 Å². The van der Waals surface area contributed by atoms with Crippen molar-refractivity contribution in [1.29, 1.82) is 5.26 Å². The lowest BCUT2D eigenvalue weighted by Gasteiger charge is -2.23. The minimum absolute atomic E-state index is 0.392. The van der Waals surface area contributed by atoms with Crippen LogP contribution < -0.4 is 5.32 Å². The second kappa shape index (κ2) is 4.74. The molecule has 0 atom stereocenters. The van der Waals surface area contributed by atoms with E-state index in [1.807, 2.05) is 6.07 Å². The molecule has 0 radical (unpaired) electrons. The highest BCUT2D eigenvalue weighted by molar-refractivity contribution is 5.47. The van der Waals surface area contributed by atoms with Crippen LogP contribution in [0.4, 0.5) is 5.82 Å². The number of hydrogen-bond acceptors (Lipinski definition) is 4. The van der Waals surface area contributed by atoms with Gasteiger partial charge in [0.1, 0.15) is 6.07 Å². The fraction of sp³-hybridized carbons (Fsp3) is 0.545. The zero-order valence-electron chi connectivity index (χ0n) is 8.61. The molecular weight excluding hydrogens is 188 g/mol. The molecule has 1 heterocycles. The van der Waals surface area contributed by atoms with Gasteiger partial charge in [0.25, 0.3) is 0 Å². The highest BCUT2D eigenvalue weighted by Crippen LogP contribution is 2.21. The normalized spacial score (nSPS) is 17.0. The molecule has 0 unspecified atom stereocenters. The van der Waals surface area contributed by atoms with Crippen LogP contribution in [0.1, 0.15) is 37.8 Å². The number of nitrogens with zero attached hydrogens (tertiary/aromatic N) is 3.